The quantitative estimate of drug-likeness (QED) is 0.751. The van der Waals surface area contributed by atoms with Crippen molar-refractivity contribution in [3.05, 3.63) is 30.1 Å². The minimum Gasteiger partial charge on any atom is -0.466 e. The molecule has 0 fully saturated rings. The Bertz CT molecular complexity index is 367. The Balaban J connectivity index is 2.92. The molecule has 0 saturated heterocycles. The second kappa shape index (κ2) is 7.11. The summed E-state index contributed by atoms with van der Waals surface area (Å²) in [4.78, 5) is 16.2. The van der Waals surface area contributed by atoms with Crippen LogP contribution in [0.5, 0.6) is 0 Å². The molecule has 0 bridgehead atoms. The molecule has 2 N–H and O–H groups in total. The third-order valence-corrected chi connectivity index (χ3v) is 3.12. The summed E-state index contributed by atoms with van der Waals surface area (Å²) in [5, 5.41) is 0. The maximum absolute atomic E-state index is 12.2. The van der Waals surface area contributed by atoms with Gasteiger partial charge in [-0.05, 0) is 37.5 Å². The van der Waals surface area contributed by atoms with Crippen molar-refractivity contribution in [3.63, 3.8) is 0 Å². The third kappa shape index (κ3) is 3.53. The molecule has 18 heavy (non-hydrogen) atoms. The molecule has 0 radical (unpaired) electrons. The number of esters is 1. The molecule has 4 nitrogen and oxygen atoms in total. The molecule has 0 saturated carbocycles. The van der Waals surface area contributed by atoms with E-state index in [1.165, 1.54) is 0 Å². The van der Waals surface area contributed by atoms with E-state index in [1.54, 1.807) is 12.4 Å². The van der Waals surface area contributed by atoms with E-state index >= 15 is 0 Å². The van der Waals surface area contributed by atoms with Gasteiger partial charge in [0, 0.05) is 18.9 Å². The number of nitrogens with two attached hydrogens (primary N) is 1. The molecule has 1 heterocycles. The van der Waals surface area contributed by atoms with E-state index in [-0.39, 0.29) is 5.97 Å². The van der Waals surface area contributed by atoms with Crippen LogP contribution >= 0.6 is 0 Å². The molecule has 100 valence electrons. The number of hydrogen-bond donors (Lipinski definition) is 1. The second-order valence-electron chi connectivity index (χ2n) is 4.49. The van der Waals surface area contributed by atoms with Gasteiger partial charge in [0.25, 0.3) is 0 Å². The van der Waals surface area contributed by atoms with Crippen LogP contribution in [0.4, 0.5) is 0 Å². The van der Waals surface area contributed by atoms with Crippen LogP contribution in [0.15, 0.2) is 24.5 Å². The maximum Gasteiger partial charge on any atom is 0.313 e. The maximum atomic E-state index is 12.2. The summed E-state index contributed by atoms with van der Waals surface area (Å²) in [6, 6.07) is 3.83. The van der Waals surface area contributed by atoms with Gasteiger partial charge in [0.05, 0.1) is 12.0 Å². The lowest BCUT2D eigenvalue weighted by molar-refractivity contribution is -0.155. The molecule has 1 aromatic rings. The Morgan fingerprint density at radius 1 is 1.39 bits per heavy atom. The zero-order valence-electron chi connectivity index (χ0n) is 11.2. The average Bonchev–Trinajstić information content (AvgIpc) is 2.39. The highest BCUT2D eigenvalue weighted by Crippen LogP contribution is 2.29. The summed E-state index contributed by atoms with van der Waals surface area (Å²) >= 11 is 0. The van der Waals surface area contributed by atoms with Crippen molar-refractivity contribution in [1.82, 2.24) is 4.98 Å². The standard InChI is InChI=1S/C14H22N2O2/c1-3-7-14(11-15,13(17)18-4-2)10-12-5-8-16-9-6-12/h5-6,8-9H,3-4,7,10-11,15H2,1-2H3. The molecule has 1 rings (SSSR count). The summed E-state index contributed by atoms with van der Waals surface area (Å²) in [5.74, 6) is -0.189. The van der Waals surface area contributed by atoms with Gasteiger partial charge in [-0.15, -0.1) is 0 Å². The molecule has 1 unspecified atom stereocenters. The zero-order valence-corrected chi connectivity index (χ0v) is 11.2. The van der Waals surface area contributed by atoms with E-state index < -0.39 is 5.41 Å². The van der Waals surface area contributed by atoms with Gasteiger partial charge in [-0.2, -0.15) is 0 Å². The van der Waals surface area contributed by atoms with E-state index in [0.29, 0.717) is 19.6 Å². The molecule has 0 spiro atoms. The predicted octanol–water partition coefficient (Wildman–Crippen LogP) is 1.93. The van der Waals surface area contributed by atoms with Gasteiger partial charge in [-0.1, -0.05) is 13.3 Å². The highest BCUT2D eigenvalue weighted by molar-refractivity contribution is 5.77. The second-order valence-corrected chi connectivity index (χ2v) is 4.49. The van der Waals surface area contributed by atoms with Crippen molar-refractivity contribution in [2.75, 3.05) is 13.2 Å². The van der Waals surface area contributed by atoms with E-state index in [0.717, 1.165) is 18.4 Å². The Kier molecular flexibility index (Phi) is 5.78. The fraction of sp³-hybridized carbons (Fsp3) is 0.571. The van der Waals surface area contributed by atoms with Crippen molar-refractivity contribution in [3.8, 4) is 0 Å². The van der Waals surface area contributed by atoms with Gasteiger partial charge in [0.2, 0.25) is 0 Å². The van der Waals surface area contributed by atoms with Gasteiger partial charge in [-0.3, -0.25) is 9.78 Å². The fourth-order valence-electron chi connectivity index (χ4n) is 2.17. The van der Waals surface area contributed by atoms with Crippen LogP contribution in [0.1, 0.15) is 32.3 Å². The minimum absolute atomic E-state index is 0.189. The number of rotatable bonds is 7. The third-order valence-electron chi connectivity index (χ3n) is 3.12. The highest BCUT2D eigenvalue weighted by atomic mass is 16.5. The Morgan fingerprint density at radius 3 is 2.56 bits per heavy atom. The molecule has 0 aliphatic rings. The van der Waals surface area contributed by atoms with Gasteiger partial charge in [-0.25, -0.2) is 0 Å². The fourth-order valence-corrected chi connectivity index (χ4v) is 2.17. The predicted molar refractivity (Wildman–Crippen MR) is 71.0 cm³/mol. The van der Waals surface area contributed by atoms with Gasteiger partial charge in [0.1, 0.15) is 0 Å². The number of carbonyl (C=O) groups is 1. The molecular formula is C14H22N2O2. The van der Waals surface area contributed by atoms with Crippen LogP contribution in [0.25, 0.3) is 0 Å². The van der Waals surface area contributed by atoms with E-state index in [2.05, 4.69) is 11.9 Å². The summed E-state index contributed by atoms with van der Waals surface area (Å²) in [5.41, 5.74) is 6.32. The van der Waals surface area contributed by atoms with E-state index in [1.807, 2.05) is 19.1 Å². The van der Waals surface area contributed by atoms with Crippen molar-refractivity contribution in [2.24, 2.45) is 11.1 Å². The lowest BCUT2D eigenvalue weighted by Gasteiger charge is -2.29. The molecule has 1 atom stereocenters. The molecule has 0 aliphatic carbocycles. The normalized spacial score (nSPS) is 13.9. The van der Waals surface area contributed by atoms with Crippen LogP contribution in [-0.2, 0) is 16.0 Å². The first-order chi connectivity index (χ1) is 8.68. The van der Waals surface area contributed by atoms with Crippen LogP contribution in [0.2, 0.25) is 0 Å². The van der Waals surface area contributed by atoms with Crippen LogP contribution < -0.4 is 5.73 Å². The number of ether oxygens (including phenoxy) is 1. The van der Waals surface area contributed by atoms with Crippen molar-refractivity contribution in [1.29, 1.82) is 0 Å². The molecule has 0 aromatic carbocycles. The number of aromatic nitrogens is 1. The largest absolute Gasteiger partial charge is 0.466 e. The molecule has 0 aliphatic heterocycles. The Morgan fingerprint density at radius 2 is 2.06 bits per heavy atom. The van der Waals surface area contributed by atoms with Crippen LogP contribution in [-0.4, -0.2) is 24.1 Å². The molecule has 4 heteroatoms. The zero-order chi connectivity index (χ0) is 13.4. The average molecular weight is 250 g/mol. The van der Waals surface area contributed by atoms with E-state index in [4.69, 9.17) is 10.5 Å². The number of carbonyl (C=O) groups excluding carboxylic acids is 1. The Hall–Kier alpha value is -1.42. The molecular weight excluding hydrogens is 228 g/mol. The molecule has 0 amide bonds. The first kappa shape index (κ1) is 14.6. The number of hydrogen-bond acceptors (Lipinski definition) is 4. The highest BCUT2D eigenvalue weighted by Gasteiger charge is 2.37. The smallest absolute Gasteiger partial charge is 0.313 e. The van der Waals surface area contributed by atoms with Gasteiger partial charge in [0.15, 0.2) is 0 Å². The van der Waals surface area contributed by atoms with Crippen LogP contribution in [0.3, 0.4) is 0 Å². The van der Waals surface area contributed by atoms with E-state index in [9.17, 15) is 4.79 Å². The van der Waals surface area contributed by atoms with Crippen molar-refractivity contribution >= 4 is 5.97 Å². The first-order valence-corrected chi connectivity index (χ1v) is 6.44. The lowest BCUT2D eigenvalue weighted by Crippen LogP contribution is -2.42. The summed E-state index contributed by atoms with van der Waals surface area (Å²) in [7, 11) is 0. The van der Waals surface area contributed by atoms with Crippen molar-refractivity contribution < 1.29 is 9.53 Å². The SMILES string of the molecule is CCCC(CN)(Cc1ccncc1)C(=O)OCC. The Labute approximate surface area is 109 Å². The minimum atomic E-state index is -0.605. The first-order valence-electron chi connectivity index (χ1n) is 6.44. The summed E-state index contributed by atoms with van der Waals surface area (Å²) in [6.07, 6.45) is 5.71. The monoisotopic (exact) mass is 250 g/mol. The topological polar surface area (TPSA) is 65.2 Å². The lowest BCUT2D eigenvalue weighted by atomic mass is 9.78. The van der Waals surface area contributed by atoms with Gasteiger partial charge >= 0.3 is 5.97 Å². The summed E-state index contributed by atoms with van der Waals surface area (Å²) < 4.78 is 5.19. The summed E-state index contributed by atoms with van der Waals surface area (Å²) in [6.45, 7) is 4.57. The number of pyridine rings is 1. The van der Waals surface area contributed by atoms with Crippen molar-refractivity contribution in [2.45, 2.75) is 33.1 Å². The number of nitrogens with zero attached hydrogens (tertiary/aromatic N) is 1. The van der Waals surface area contributed by atoms with Crippen LogP contribution in [0, 0.1) is 5.41 Å². The van der Waals surface area contributed by atoms with Gasteiger partial charge < -0.3 is 10.5 Å². The molecule has 1 aromatic heterocycles.